The summed E-state index contributed by atoms with van der Waals surface area (Å²) in [6, 6.07) is 3.62. The molecule has 0 saturated carbocycles. The summed E-state index contributed by atoms with van der Waals surface area (Å²) < 4.78 is 54.7. The molecule has 168 valence electrons. The van der Waals surface area contributed by atoms with Gasteiger partial charge < -0.3 is 10.6 Å². The van der Waals surface area contributed by atoms with Gasteiger partial charge in [0, 0.05) is 18.2 Å². The van der Waals surface area contributed by atoms with Crippen LogP contribution in [0.5, 0.6) is 0 Å². The van der Waals surface area contributed by atoms with Crippen LogP contribution < -0.4 is 10.6 Å². The predicted octanol–water partition coefficient (Wildman–Crippen LogP) is 4.36. The summed E-state index contributed by atoms with van der Waals surface area (Å²) >= 11 is 0. The van der Waals surface area contributed by atoms with Gasteiger partial charge in [-0.1, -0.05) is 11.6 Å². The van der Waals surface area contributed by atoms with Gasteiger partial charge in [-0.15, -0.1) is 5.10 Å². The quantitative estimate of drug-likeness (QED) is 0.519. The third-order valence-corrected chi connectivity index (χ3v) is 6.06. The van der Waals surface area contributed by atoms with E-state index in [0.29, 0.717) is 52.0 Å². The molecule has 32 heavy (non-hydrogen) atoms. The molecule has 1 aromatic carbocycles. The SMILES string of the molecule is Fc1n[nH]c2ccc3c(c12)CCCC(CC(F)(F)F)=C3c1cnc(NC2CCNC2)cn1. The van der Waals surface area contributed by atoms with Gasteiger partial charge in [0.1, 0.15) is 5.82 Å². The summed E-state index contributed by atoms with van der Waals surface area (Å²) in [4.78, 5) is 8.88. The van der Waals surface area contributed by atoms with E-state index in [4.69, 9.17) is 0 Å². The van der Waals surface area contributed by atoms with Gasteiger partial charge in [-0.25, -0.2) is 4.98 Å². The monoisotopic (exact) mass is 446 g/mol. The zero-order valence-corrected chi connectivity index (χ0v) is 17.2. The number of alkyl halides is 3. The van der Waals surface area contributed by atoms with Crippen LogP contribution in [0.1, 0.15) is 42.5 Å². The number of aromatic nitrogens is 4. The van der Waals surface area contributed by atoms with Crippen LogP contribution in [0.4, 0.5) is 23.4 Å². The summed E-state index contributed by atoms with van der Waals surface area (Å²) in [6.07, 6.45) is -0.203. The minimum atomic E-state index is -4.36. The van der Waals surface area contributed by atoms with E-state index in [9.17, 15) is 17.6 Å². The van der Waals surface area contributed by atoms with E-state index in [-0.39, 0.29) is 18.0 Å². The molecule has 0 spiro atoms. The van der Waals surface area contributed by atoms with Crippen molar-refractivity contribution >= 4 is 22.3 Å². The first-order valence-corrected chi connectivity index (χ1v) is 10.6. The van der Waals surface area contributed by atoms with E-state index in [1.54, 1.807) is 18.3 Å². The fraction of sp³-hybridized carbons (Fsp3) is 0.409. The highest BCUT2D eigenvalue weighted by atomic mass is 19.4. The number of rotatable bonds is 4. The lowest BCUT2D eigenvalue weighted by molar-refractivity contribution is -0.127. The zero-order valence-electron chi connectivity index (χ0n) is 17.2. The largest absolute Gasteiger partial charge is 0.392 e. The van der Waals surface area contributed by atoms with Crippen molar-refractivity contribution in [1.29, 1.82) is 0 Å². The average Bonchev–Trinajstić information content (AvgIpc) is 3.35. The summed E-state index contributed by atoms with van der Waals surface area (Å²) in [5.41, 5.74) is 2.72. The molecule has 1 aliphatic carbocycles. The Morgan fingerprint density at radius 3 is 2.72 bits per heavy atom. The first-order valence-electron chi connectivity index (χ1n) is 10.6. The lowest BCUT2D eigenvalue weighted by Crippen LogP contribution is -2.22. The van der Waals surface area contributed by atoms with E-state index in [1.807, 2.05) is 0 Å². The van der Waals surface area contributed by atoms with Crippen molar-refractivity contribution in [2.75, 3.05) is 18.4 Å². The van der Waals surface area contributed by atoms with Gasteiger partial charge >= 0.3 is 6.18 Å². The Morgan fingerprint density at radius 1 is 1.12 bits per heavy atom. The summed E-state index contributed by atoms with van der Waals surface area (Å²) in [5, 5.41) is 13.2. The Hall–Kier alpha value is -3.01. The van der Waals surface area contributed by atoms with E-state index in [0.717, 1.165) is 19.5 Å². The molecule has 1 fully saturated rings. The predicted molar refractivity (Wildman–Crippen MR) is 113 cm³/mol. The van der Waals surface area contributed by atoms with Crippen LogP contribution >= 0.6 is 0 Å². The fourth-order valence-corrected chi connectivity index (χ4v) is 4.69. The van der Waals surface area contributed by atoms with Gasteiger partial charge in [0.15, 0.2) is 0 Å². The molecule has 5 rings (SSSR count). The highest BCUT2D eigenvalue weighted by Gasteiger charge is 2.33. The standard InChI is InChI=1S/C22H22F4N6/c23-21-20-14-3-1-2-12(8-22(24,25)26)19(15(14)4-5-16(20)31-32-21)17-10-29-18(11-28-17)30-13-6-7-27-9-13/h4-5,10-11,13,27H,1-3,6-9H2,(H,29,30)(H,31,32). The first kappa shape index (κ1) is 20.9. The molecule has 2 aromatic heterocycles. The molecule has 3 aromatic rings. The molecule has 10 heteroatoms. The van der Waals surface area contributed by atoms with Crippen molar-refractivity contribution < 1.29 is 17.6 Å². The van der Waals surface area contributed by atoms with Crippen molar-refractivity contribution in [3.8, 4) is 0 Å². The van der Waals surface area contributed by atoms with Crippen LogP contribution in [-0.4, -0.2) is 45.5 Å². The van der Waals surface area contributed by atoms with Crippen molar-refractivity contribution in [1.82, 2.24) is 25.5 Å². The highest BCUT2D eigenvalue weighted by Crippen LogP contribution is 2.41. The maximum atomic E-state index is 14.4. The molecular formula is C22H22F4N6. The van der Waals surface area contributed by atoms with E-state index in [2.05, 4.69) is 30.8 Å². The number of benzene rings is 1. The normalized spacial score (nSPS) is 19.3. The number of hydrogen-bond donors (Lipinski definition) is 3. The summed E-state index contributed by atoms with van der Waals surface area (Å²) in [7, 11) is 0. The number of fused-ring (bicyclic) bond motifs is 3. The van der Waals surface area contributed by atoms with Gasteiger partial charge in [0.05, 0.1) is 35.4 Å². The Bertz CT molecular complexity index is 1160. The molecule has 0 radical (unpaired) electrons. The Labute approximate surface area is 181 Å². The molecule has 1 unspecified atom stereocenters. The topological polar surface area (TPSA) is 78.5 Å². The molecule has 2 aliphatic rings. The minimum Gasteiger partial charge on any atom is -0.365 e. The smallest absolute Gasteiger partial charge is 0.365 e. The molecule has 3 N–H and O–H groups in total. The second-order valence-corrected chi connectivity index (χ2v) is 8.27. The number of H-pyrrole nitrogens is 1. The summed E-state index contributed by atoms with van der Waals surface area (Å²) in [6.45, 7) is 1.75. The number of allylic oxidation sites excluding steroid dienone is 1. The van der Waals surface area contributed by atoms with Gasteiger partial charge in [0.2, 0.25) is 5.95 Å². The molecule has 6 nitrogen and oxygen atoms in total. The Kier molecular flexibility index (Phi) is 5.32. The van der Waals surface area contributed by atoms with Crippen LogP contribution in [0.2, 0.25) is 0 Å². The first-order chi connectivity index (χ1) is 15.4. The molecule has 1 saturated heterocycles. The Morgan fingerprint density at radius 2 is 2.00 bits per heavy atom. The van der Waals surface area contributed by atoms with E-state index >= 15 is 0 Å². The van der Waals surface area contributed by atoms with Crippen LogP contribution in [0, 0.1) is 5.95 Å². The molecule has 3 heterocycles. The summed E-state index contributed by atoms with van der Waals surface area (Å²) in [5.74, 6) is -0.0723. The van der Waals surface area contributed by atoms with Crippen molar-refractivity contribution in [3.05, 3.63) is 52.9 Å². The zero-order chi connectivity index (χ0) is 22.3. The van der Waals surface area contributed by atoms with Gasteiger partial charge in [-0.2, -0.15) is 17.6 Å². The second-order valence-electron chi connectivity index (χ2n) is 8.27. The Balaban J connectivity index is 1.61. The van der Waals surface area contributed by atoms with E-state index in [1.165, 1.54) is 6.20 Å². The van der Waals surface area contributed by atoms with Gasteiger partial charge in [0.25, 0.3) is 0 Å². The molecule has 0 amide bonds. The molecule has 1 aliphatic heterocycles. The number of aromatic amines is 1. The number of hydrogen-bond acceptors (Lipinski definition) is 5. The van der Waals surface area contributed by atoms with Crippen LogP contribution in [-0.2, 0) is 6.42 Å². The fourth-order valence-electron chi connectivity index (χ4n) is 4.69. The van der Waals surface area contributed by atoms with Gasteiger partial charge in [-0.05, 0) is 49.4 Å². The highest BCUT2D eigenvalue weighted by molar-refractivity contribution is 5.92. The number of nitrogens with zero attached hydrogens (tertiary/aromatic N) is 3. The van der Waals surface area contributed by atoms with Crippen LogP contribution in [0.15, 0.2) is 30.1 Å². The van der Waals surface area contributed by atoms with Crippen LogP contribution in [0.25, 0.3) is 16.5 Å². The minimum absolute atomic E-state index is 0.242. The third-order valence-electron chi connectivity index (χ3n) is 6.06. The van der Waals surface area contributed by atoms with E-state index < -0.39 is 18.5 Å². The van der Waals surface area contributed by atoms with Crippen LogP contribution in [0.3, 0.4) is 0 Å². The third kappa shape index (κ3) is 4.06. The lowest BCUT2D eigenvalue weighted by atomic mass is 9.91. The van der Waals surface area contributed by atoms with Gasteiger partial charge in [-0.3, -0.25) is 10.1 Å². The number of anilines is 1. The molecule has 0 bridgehead atoms. The maximum Gasteiger partial charge on any atom is 0.392 e. The van der Waals surface area contributed by atoms with Crippen molar-refractivity contribution in [2.24, 2.45) is 0 Å². The lowest BCUT2D eigenvalue weighted by Gasteiger charge is -2.17. The van der Waals surface area contributed by atoms with Crippen molar-refractivity contribution in [2.45, 2.75) is 44.3 Å². The maximum absolute atomic E-state index is 14.4. The average molecular weight is 446 g/mol. The van der Waals surface area contributed by atoms with Crippen molar-refractivity contribution in [3.63, 3.8) is 0 Å². The molecular weight excluding hydrogens is 424 g/mol. The second kappa shape index (κ2) is 8.16. The molecule has 1 atom stereocenters. The number of halogens is 4. The number of aryl methyl sites for hydroxylation is 1. The number of nitrogens with one attached hydrogen (secondary N) is 3.